The highest BCUT2D eigenvalue weighted by molar-refractivity contribution is 5.92. The zero-order chi connectivity index (χ0) is 47.0. The fourth-order valence-electron chi connectivity index (χ4n) is 7.21. The third-order valence-corrected chi connectivity index (χ3v) is 10.4. The van der Waals surface area contributed by atoms with E-state index in [-0.39, 0.29) is 62.7 Å². The highest BCUT2D eigenvalue weighted by atomic mass is 16.7. The van der Waals surface area contributed by atoms with Crippen molar-refractivity contribution in [2.75, 3.05) is 13.2 Å². The number of esters is 4. The Balaban J connectivity index is 1.25. The van der Waals surface area contributed by atoms with Crippen LogP contribution in [-0.4, -0.2) is 83.1 Å². The minimum Gasteiger partial charge on any atom is -0.507 e. The monoisotopic (exact) mass is 908 g/mol. The molecule has 0 aliphatic carbocycles. The summed E-state index contributed by atoms with van der Waals surface area (Å²) >= 11 is 0. The van der Waals surface area contributed by atoms with Gasteiger partial charge >= 0.3 is 23.9 Å². The molecule has 0 bridgehead atoms. The maximum atomic E-state index is 14.0. The van der Waals surface area contributed by atoms with Gasteiger partial charge in [0.25, 0.3) is 0 Å². The topological polar surface area (TPSA) is 224 Å². The van der Waals surface area contributed by atoms with Gasteiger partial charge in [-0.05, 0) is 73.7 Å². The molecule has 0 saturated carbocycles. The van der Waals surface area contributed by atoms with E-state index in [2.05, 4.69) is 0 Å². The van der Waals surface area contributed by atoms with E-state index in [1.807, 2.05) is 0 Å². The van der Waals surface area contributed by atoms with Crippen LogP contribution >= 0.6 is 0 Å². The first kappa shape index (κ1) is 45.0. The lowest BCUT2D eigenvalue weighted by molar-refractivity contribution is -0.275. The molecule has 1 aliphatic rings. The van der Waals surface area contributed by atoms with Gasteiger partial charge in [-0.15, -0.1) is 0 Å². The molecule has 6 aromatic carbocycles. The van der Waals surface area contributed by atoms with Crippen LogP contribution in [0.5, 0.6) is 28.7 Å². The average molecular weight is 909 g/mol. The Morgan fingerprint density at radius 2 is 1.07 bits per heavy atom. The van der Waals surface area contributed by atoms with Crippen molar-refractivity contribution in [1.82, 2.24) is 0 Å². The smallest absolute Gasteiger partial charge is 0.338 e. The number of ether oxygens (including phenoxy) is 7. The van der Waals surface area contributed by atoms with Crippen LogP contribution in [0.3, 0.4) is 0 Å². The molecule has 8 rings (SSSR count). The van der Waals surface area contributed by atoms with Crippen molar-refractivity contribution >= 4 is 34.8 Å². The quantitative estimate of drug-likeness (QED) is 0.0542. The van der Waals surface area contributed by atoms with Gasteiger partial charge < -0.3 is 52.9 Å². The van der Waals surface area contributed by atoms with E-state index in [1.54, 1.807) is 79.7 Å². The predicted octanol–water partition coefficient (Wildman–Crippen LogP) is 7.61. The van der Waals surface area contributed by atoms with Gasteiger partial charge in [0, 0.05) is 17.7 Å². The van der Waals surface area contributed by atoms with Crippen molar-refractivity contribution in [2.45, 2.75) is 37.6 Å². The lowest BCUT2D eigenvalue weighted by atomic mass is 9.97. The number of hydrogen-bond donors (Lipinski definition) is 3. The Morgan fingerprint density at radius 1 is 0.567 bits per heavy atom. The van der Waals surface area contributed by atoms with Crippen LogP contribution in [0.1, 0.15) is 48.4 Å². The van der Waals surface area contributed by atoms with Gasteiger partial charge in [-0.25, -0.2) is 19.2 Å². The lowest BCUT2D eigenvalue weighted by Gasteiger charge is -2.44. The van der Waals surface area contributed by atoms with Crippen molar-refractivity contribution in [3.8, 4) is 40.1 Å². The summed E-state index contributed by atoms with van der Waals surface area (Å²) in [5.41, 5.74) is -0.529. The molecule has 16 nitrogen and oxygen atoms in total. The van der Waals surface area contributed by atoms with Crippen molar-refractivity contribution in [2.24, 2.45) is 0 Å². The zero-order valence-corrected chi connectivity index (χ0v) is 35.4. The second-order valence-electron chi connectivity index (χ2n) is 14.9. The van der Waals surface area contributed by atoms with Crippen LogP contribution in [0.15, 0.2) is 161 Å². The highest BCUT2D eigenvalue weighted by Gasteiger charge is 2.54. The van der Waals surface area contributed by atoms with Crippen molar-refractivity contribution < 1.29 is 72.1 Å². The number of carbonyl (C=O) groups excluding carboxylic acids is 4. The van der Waals surface area contributed by atoms with Gasteiger partial charge in [0.1, 0.15) is 35.2 Å². The first-order valence-electron chi connectivity index (χ1n) is 20.8. The van der Waals surface area contributed by atoms with Crippen molar-refractivity contribution in [3.63, 3.8) is 0 Å². The Morgan fingerprint density at radius 3 is 1.60 bits per heavy atom. The normalized spacial score (nSPS) is 17.7. The second-order valence-corrected chi connectivity index (χ2v) is 14.9. The molecule has 1 aromatic heterocycles. The first-order chi connectivity index (χ1) is 32.5. The SMILES string of the molecule is CCOc1c(-c2ccc(O)c(O)c2)oc2cc(O[C@@H]3O[C@H](COC(=O)c4ccccc4)[C@@H](OC(=O)c4ccccc4)[C@H](OC(=O)c4ccccc4)[C@H]3OC(=O)c3ccccc3)cc(O)c2c1=O. The maximum Gasteiger partial charge on any atom is 0.338 e. The number of phenolic OH excluding ortho intramolecular Hbond substituents is 3. The molecule has 0 unspecified atom stereocenters. The molecule has 3 N–H and O–H groups in total. The van der Waals surface area contributed by atoms with E-state index < -0.39 is 83.9 Å². The van der Waals surface area contributed by atoms with Gasteiger partial charge in [-0.3, -0.25) is 4.79 Å². The number of benzene rings is 6. The summed E-state index contributed by atoms with van der Waals surface area (Å²) in [5, 5.41) is 31.4. The van der Waals surface area contributed by atoms with Gasteiger partial charge in [-0.1, -0.05) is 72.8 Å². The number of carbonyl (C=O) groups is 4. The molecule has 2 heterocycles. The van der Waals surface area contributed by atoms with Gasteiger partial charge in [0.15, 0.2) is 29.5 Å². The Labute approximate surface area is 381 Å². The molecule has 7 aromatic rings. The number of phenols is 3. The predicted molar refractivity (Wildman–Crippen MR) is 237 cm³/mol. The second kappa shape index (κ2) is 20.0. The van der Waals surface area contributed by atoms with Crippen LogP contribution in [-0.2, 0) is 23.7 Å². The fraction of sp³-hybridized carbons (Fsp3) is 0.157. The van der Waals surface area contributed by atoms with E-state index in [0.29, 0.717) is 0 Å². The van der Waals surface area contributed by atoms with E-state index in [9.17, 15) is 39.3 Å². The minimum atomic E-state index is -1.83. The minimum absolute atomic E-state index is 0.0108. The molecule has 67 heavy (non-hydrogen) atoms. The Hall–Kier alpha value is -8.63. The number of aromatic hydroxyl groups is 3. The standard InChI is InChI=1S/C51H40O16/c1-2-60-44-41(55)40-37(54)26-34(27-38(40)63-42(44)33-23-24-35(52)36(53)25-33)62-51-46(67-50(59)32-21-13-6-14-22-32)45(66-49(58)31-19-11-5-12-20-31)43(65-48(57)30-17-9-4-10-18-30)39(64-51)28-61-47(56)29-15-7-3-8-16-29/h3-27,39,43,45-46,51-54H,2,28H2,1H3/t39-,43-,45+,46-,51-/m1/s1. The number of fused-ring (bicyclic) bond motifs is 1. The maximum absolute atomic E-state index is 14.0. The fourth-order valence-corrected chi connectivity index (χ4v) is 7.21. The molecule has 340 valence electrons. The first-order valence-corrected chi connectivity index (χ1v) is 20.8. The summed E-state index contributed by atoms with van der Waals surface area (Å²) < 4.78 is 48.6. The van der Waals surface area contributed by atoms with Gasteiger partial charge in [0.05, 0.1) is 28.9 Å². The lowest BCUT2D eigenvalue weighted by Crippen LogP contribution is -2.63. The number of rotatable bonds is 14. The van der Waals surface area contributed by atoms with Crippen molar-refractivity contribution in [3.05, 3.63) is 184 Å². The third kappa shape index (κ3) is 10.0. The molecule has 0 spiro atoms. The zero-order valence-electron chi connectivity index (χ0n) is 35.4. The van der Waals surface area contributed by atoms with Gasteiger partial charge in [0.2, 0.25) is 23.6 Å². The summed E-state index contributed by atoms with van der Waals surface area (Å²) in [6, 6.07) is 37.4. The molecule has 5 atom stereocenters. The van der Waals surface area contributed by atoms with Crippen LogP contribution in [0.2, 0.25) is 0 Å². The van der Waals surface area contributed by atoms with Crippen LogP contribution in [0, 0.1) is 0 Å². The summed E-state index contributed by atoms with van der Waals surface area (Å²) in [6.45, 7) is 0.994. The van der Waals surface area contributed by atoms with E-state index in [4.69, 9.17) is 37.6 Å². The van der Waals surface area contributed by atoms with E-state index >= 15 is 0 Å². The van der Waals surface area contributed by atoms with E-state index in [1.165, 1.54) is 66.7 Å². The summed E-state index contributed by atoms with van der Waals surface area (Å²) in [5.74, 6) is -5.91. The Bertz CT molecular complexity index is 2960. The van der Waals surface area contributed by atoms with Crippen LogP contribution in [0.25, 0.3) is 22.3 Å². The average Bonchev–Trinajstić information content (AvgIpc) is 3.35. The number of hydrogen-bond acceptors (Lipinski definition) is 16. The van der Waals surface area contributed by atoms with Crippen LogP contribution < -0.4 is 14.9 Å². The molecule has 16 heteroatoms. The summed E-state index contributed by atoms with van der Waals surface area (Å²) in [7, 11) is 0. The largest absolute Gasteiger partial charge is 0.507 e. The van der Waals surface area contributed by atoms with Crippen LogP contribution in [0.4, 0.5) is 0 Å². The summed E-state index contributed by atoms with van der Waals surface area (Å²) in [4.78, 5) is 69.3. The van der Waals surface area contributed by atoms with Gasteiger partial charge in [-0.2, -0.15) is 0 Å². The van der Waals surface area contributed by atoms with Crippen molar-refractivity contribution in [1.29, 1.82) is 0 Å². The molecule has 0 amide bonds. The molecule has 0 radical (unpaired) electrons. The third-order valence-electron chi connectivity index (χ3n) is 10.4. The highest BCUT2D eigenvalue weighted by Crippen LogP contribution is 2.40. The molecule has 1 fully saturated rings. The summed E-state index contributed by atoms with van der Waals surface area (Å²) in [6.07, 6.45) is -8.56. The molecule has 1 aliphatic heterocycles. The molecule has 1 saturated heterocycles. The molecular weight excluding hydrogens is 869 g/mol. The van der Waals surface area contributed by atoms with E-state index in [0.717, 1.165) is 12.1 Å². The Kier molecular flexibility index (Phi) is 13.4. The molecular formula is C51H40O16.